The number of hydrogen-bond acceptors (Lipinski definition) is 3. The van der Waals surface area contributed by atoms with E-state index in [1.807, 2.05) is 6.07 Å². The molecule has 1 amide bonds. The SMILES string of the molecule is NC1CC(=O)N(c2ccc(I)c(Cl)n2)C1. The van der Waals surface area contributed by atoms with Crippen molar-refractivity contribution in [3.8, 4) is 0 Å². The lowest BCUT2D eigenvalue weighted by Crippen LogP contribution is -2.28. The van der Waals surface area contributed by atoms with Crippen LogP contribution in [0, 0.1) is 3.57 Å². The van der Waals surface area contributed by atoms with E-state index in [0.29, 0.717) is 23.9 Å². The number of nitrogens with zero attached hydrogens (tertiary/aromatic N) is 2. The molecule has 2 rings (SSSR count). The summed E-state index contributed by atoms with van der Waals surface area (Å²) in [6.07, 6.45) is 0.380. The summed E-state index contributed by atoms with van der Waals surface area (Å²) < 4.78 is 0.869. The Morgan fingerprint density at radius 3 is 2.87 bits per heavy atom. The van der Waals surface area contributed by atoms with Crippen molar-refractivity contribution in [1.82, 2.24) is 4.98 Å². The highest BCUT2D eigenvalue weighted by Crippen LogP contribution is 2.23. The number of carbonyl (C=O) groups excluding carboxylic acids is 1. The molecule has 0 bridgehead atoms. The van der Waals surface area contributed by atoms with Gasteiger partial charge in [-0.25, -0.2) is 4.98 Å². The first kappa shape index (κ1) is 11.1. The van der Waals surface area contributed by atoms with Gasteiger partial charge in [0.2, 0.25) is 5.91 Å². The van der Waals surface area contributed by atoms with E-state index >= 15 is 0 Å². The fraction of sp³-hybridized carbons (Fsp3) is 0.333. The molecule has 1 aromatic rings. The maximum atomic E-state index is 11.5. The molecule has 1 atom stereocenters. The lowest BCUT2D eigenvalue weighted by Gasteiger charge is -2.15. The summed E-state index contributed by atoms with van der Waals surface area (Å²) in [5, 5.41) is 0.418. The Morgan fingerprint density at radius 2 is 2.33 bits per heavy atom. The number of halogens is 2. The minimum atomic E-state index is -0.0997. The van der Waals surface area contributed by atoms with E-state index in [2.05, 4.69) is 27.6 Å². The number of nitrogens with two attached hydrogens (primary N) is 1. The average molecular weight is 338 g/mol. The lowest BCUT2D eigenvalue weighted by molar-refractivity contribution is -0.117. The predicted octanol–water partition coefficient (Wildman–Crippen LogP) is 1.40. The van der Waals surface area contributed by atoms with E-state index in [1.165, 1.54) is 0 Å². The van der Waals surface area contributed by atoms with Crippen LogP contribution in [0.2, 0.25) is 5.15 Å². The Hall–Kier alpha value is -0.400. The van der Waals surface area contributed by atoms with Gasteiger partial charge in [-0.15, -0.1) is 0 Å². The van der Waals surface area contributed by atoms with Crippen molar-refractivity contribution in [2.24, 2.45) is 5.73 Å². The number of amides is 1. The van der Waals surface area contributed by atoms with Gasteiger partial charge in [0, 0.05) is 19.0 Å². The number of anilines is 1. The Balaban J connectivity index is 2.30. The molecular weight excluding hydrogens is 328 g/mol. The summed E-state index contributed by atoms with van der Waals surface area (Å²) in [6, 6.07) is 3.52. The molecule has 80 valence electrons. The molecule has 0 radical (unpaired) electrons. The number of aromatic nitrogens is 1. The molecule has 1 aliphatic rings. The van der Waals surface area contributed by atoms with E-state index in [9.17, 15) is 4.79 Å². The van der Waals surface area contributed by atoms with Gasteiger partial charge in [-0.2, -0.15) is 0 Å². The fourth-order valence-electron chi connectivity index (χ4n) is 1.51. The molecular formula is C9H9ClIN3O. The van der Waals surface area contributed by atoms with E-state index in [0.717, 1.165) is 3.57 Å². The number of carbonyl (C=O) groups is 1. The molecule has 1 unspecified atom stereocenters. The molecule has 1 aliphatic heterocycles. The third-order valence-electron chi connectivity index (χ3n) is 2.22. The minimum Gasteiger partial charge on any atom is -0.326 e. The third-order valence-corrected chi connectivity index (χ3v) is 3.70. The molecule has 0 aromatic carbocycles. The summed E-state index contributed by atoms with van der Waals surface area (Å²) in [5.74, 6) is 0.589. The van der Waals surface area contributed by atoms with Gasteiger partial charge < -0.3 is 5.73 Å². The van der Waals surface area contributed by atoms with Crippen molar-refractivity contribution in [3.63, 3.8) is 0 Å². The Labute approximate surface area is 106 Å². The van der Waals surface area contributed by atoms with Crippen molar-refractivity contribution in [2.45, 2.75) is 12.5 Å². The number of rotatable bonds is 1. The van der Waals surface area contributed by atoms with Gasteiger partial charge in [0.25, 0.3) is 0 Å². The van der Waals surface area contributed by atoms with E-state index in [4.69, 9.17) is 17.3 Å². The van der Waals surface area contributed by atoms with Crippen molar-refractivity contribution in [3.05, 3.63) is 20.9 Å². The Kier molecular flexibility index (Phi) is 3.13. The first-order valence-electron chi connectivity index (χ1n) is 4.46. The molecule has 2 N–H and O–H groups in total. The molecule has 15 heavy (non-hydrogen) atoms. The highest BCUT2D eigenvalue weighted by Gasteiger charge is 2.29. The highest BCUT2D eigenvalue weighted by molar-refractivity contribution is 14.1. The molecule has 0 saturated carbocycles. The summed E-state index contributed by atoms with van der Waals surface area (Å²) in [6.45, 7) is 0.517. The summed E-state index contributed by atoms with van der Waals surface area (Å²) >= 11 is 7.98. The molecule has 1 fully saturated rings. The molecule has 1 saturated heterocycles. The maximum Gasteiger partial charge on any atom is 0.229 e. The van der Waals surface area contributed by atoms with Crippen LogP contribution in [-0.4, -0.2) is 23.5 Å². The monoisotopic (exact) mass is 337 g/mol. The molecule has 0 spiro atoms. The van der Waals surface area contributed by atoms with Crippen molar-refractivity contribution >= 4 is 45.9 Å². The Morgan fingerprint density at radius 1 is 1.60 bits per heavy atom. The van der Waals surface area contributed by atoms with Crippen LogP contribution in [-0.2, 0) is 4.79 Å². The summed E-state index contributed by atoms with van der Waals surface area (Å²) in [7, 11) is 0. The van der Waals surface area contributed by atoms with Gasteiger partial charge in [-0.05, 0) is 34.7 Å². The summed E-state index contributed by atoms with van der Waals surface area (Å²) in [5.41, 5.74) is 5.70. The average Bonchev–Trinajstić information content (AvgIpc) is 2.50. The maximum absolute atomic E-state index is 11.5. The zero-order valence-electron chi connectivity index (χ0n) is 7.78. The molecule has 2 heterocycles. The van der Waals surface area contributed by atoms with E-state index < -0.39 is 0 Å². The second-order valence-corrected chi connectivity index (χ2v) is 4.93. The second kappa shape index (κ2) is 4.23. The van der Waals surface area contributed by atoms with Gasteiger partial charge >= 0.3 is 0 Å². The van der Waals surface area contributed by atoms with Crippen molar-refractivity contribution < 1.29 is 4.79 Å². The van der Waals surface area contributed by atoms with Crippen LogP contribution < -0.4 is 10.6 Å². The van der Waals surface area contributed by atoms with Gasteiger partial charge in [0.15, 0.2) is 0 Å². The molecule has 6 heteroatoms. The topological polar surface area (TPSA) is 59.2 Å². The number of pyridine rings is 1. The first-order chi connectivity index (χ1) is 7.08. The zero-order valence-corrected chi connectivity index (χ0v) is 10.7. The first-order valence-corrected chi connectivity index (χ1v) is 5.91. The standard InChI is InChI=1S/C9H9ClIN3O/c10-9-6(11)1-2-7(13-9)14-4-5(12)3-8(14)15/h1-2,5H,3-4,12H2. The van der Waals surface area contributed by atoms with E-state index in [-0.39, 0.29) is 11.9 Å². The van der Waals surface area contributed by atoms with Crippen LogP contribution in [0.1, 0.15) is 6.42 Å². The van der Waals surface area contributed by atoms with Crippen LogP contribution in [0.3, 0.4) is 0 Å². The quantitative estimate of drug-likeness (QED) is 0.622. The van der Waals surface area contributed by atoms with Gasteiger partial charge in [-0.1, -0.05) is 11.6 Å². The van der Waals surface area contributed by atoms with Crippen LogP contribution in [0.4, 0.5) is 5.82 Å². The largest absolute Gasteiger partial charge is 0.326 e. The van der Waals surface area contributed by atoms with Gasteiger partial charge in [-0.3, -0.25) is 9.69 Å². The van der Waals surface area contributed by atoms with Crippen LogP contribution in [0.25, 0.3) is 0 Å². The predicted molar refractivity (Wildman–Crippen MR) is 66.9 cm³/mol. The zero-order chi connectivity index (χ0) is 11.0. The van der Waals surface area contributed by atoms with Crippen molar-refractivity contribution in [2.75, 3.05) is 11.4 Å². The van der Waals surface area contributed by atoms with Crippen LogP contribution >= 0.6 is 34.2 Å². The fourth-order valence-corrected chi connectivity index (χ4v) is 1.96. The van der Waals surface area contributed by atoms with Crippen LogP contribution in [0.5, 0.6) is 0 Å². The number of hydrogen-bond donors (Lipinski definition) is 1. The lowest BCUT2D eigenvalue weighted by atomic mass is 10.3. The van der Waals surface area contributed by atoms with Crippen LogP contribution in [0.15, 0.2) is 12.1 Å². The summed E-state index contributed by atoms with van der Waals surface area (Å²) in [4.78, 5) is 17.3. The van der Waals surface area contributed by atoms with Crippen molar-refractivity contribution in [1.29, 1.82) is 0 Å². The third kappa shape index (κ3) is 2.24. The highest BCUT2D eigenvalue weighted by atomic mass is 127. The molecule has 1 aromatic heterocycles. The Bertz CT molecular complexity index is 412. The second-order valence-electron chi connectivity index (χ2n) is 3.41. The van der Waals surface area contributed by atoms with Gasteiger partial charge in [0.1, 0.15) is 11.0 Å². The van der Waals surface area contributed by atoms with E-state index in [1.54, 1.807) is 11.0 Å². The van der Waals surface area contributed by atoms with Gasteiger partial charge in [0.05, 0.1) is 3.57 Å². The smallest absolute Gasteiger partial charge is 0.229 e. The molecule has 0 aliphatic carbocycles. The molecule has 4 nitrogen and oxygen atoms in total. The normalized spacial score (nSPS) is 21.1. The minimum absolute atomic E-state index is 0.00674.